The molecule has 2 heterocycles. The number of carbonyl (C=O) groups excluding carboxylic acids is 2. The number of carbonyl (C=O) groups is 2. The number of hydrogen-bond donors (Lipinski definition) is 1. The van der Waals surface area contributed by atoms with E-state index in [1.807, 2.05) is 6.92 Å². The van der Waals surface area contributed by atoms with E-state index in [9.17, 15) is 14.7 Å². The lowest BCUT2D eigenvalue weighted by Crippen LogP contribution is -2.51. The predicted molar refractivity (Wildman–Crippen MR) is 119 cm³/mol. The lowest BCUT2D eigenvalue weighted by molar-refractivity contribution is 0.0493. The molecule has 0 spiro atoms. The van der Waals surface area contributed by atoms with E-state index in [0.29, 0.717) is 30.2 Å². The van der Waals surface area contributed by atoms with Gasteiger partial charge in [-0.15, -0.1) is 0 Å². The molecule has 1 N–H and O–H groups in total. The maximum atomic E-state index is 13.3. The molecule has 0 bridgehead atoms. The lowest BCUT2D eigenvalue weighted by atomic mass is 10.1. The molecule has 10 heteroatoms. The number of hydrogen-bond acceptors (Lipinski definition) is 8. The number of amides is 2. The van der Waals surface area contributed by atoms with Gasteiger partial charge in [0, 0.05) is 24.1 Å². The van der Waals surface area contributed by atoms with Crippen molar-refractivity contribution in [1.29, 1.82) is 0 Å². The van der Waals surface area contributed by atoms with Crippen molar-refractivity contribution in [1.82, 2.24) is 4.90 Å². The number of benzene rings is 1. The van der Waals surface area contributed by atoms with E-state index >= 15 is 0 Å². The highest BCUT2D eigenvalue weighted by atomic mass is 33.1. The standard InChI is InChI=1S/C20H26N2O6S2/c1-5-29-30-7-6-28-20(25)22-14-10-17(27-4)16(26-3)9-13(14)18(23)21-11-12(2)8-15(21)19(22)24/h9-10,15,19,24H,2,5-8,11H2,1,3-4H3/t15-,19?/m0/s1. The van der Waals surface area contributed by atoms with E-state index in [1.165, 1.54) is 26.4 Å². The van der Waals surface area contributed by atoms with E-state index in [2.05, 4.69) is 6.58 Å². The fourth-order valence-corrected chi connectivity index (χ4v) is 5.10. The number of nitrogens with zero attached hydrogens (tertiary/aromatic N) is 2. The van der Waals surface area contributed by atoms with Gasteiger partial charge in [0.2, 0.25) is 0 Å². The first-order valence-electron chi connectivity index (χ1n) is 9.55. The Morgan fingerprint density at radius 2 is 1.97 bits per heavy atom. The topological polar surface area (TPSA) is 88.5 Å². The molecular weight excluding hydrogens is 428 g/mol. The van der Waals surface area contributed by atoms with Crippen LogP contribution in [-0.2, 0) is 4.74 Å². The van der Waals surface area contributed by atoms with E-state index in [4.69, 9.17) is 14.2 Å². The first-order valence-corrected chi connectivity index (χ1v) is 12.0. The summed E-state index contributed by atoms with van der Waals surface area (Å²) in [6, 6.07) is 2.45. The molecule has 0 radical (unpaired) electrons. The predicted octanol–water partition coefficient (Wildman–Crippen LogP) is 3.15. The largest absolute Gasteiger partial charge is 0.493 e. The normalized spacial score (nSPS) is 20.5. The summed E-state index contributed by atoms with van der Waals surface area (Å²) in [6.07, 6.45) is -1.59. The molecular formula is C20H26N2O6S2. The number of rotatable bonds is 7. The third kappa shape index (κ3) is 4.35. The summed E-state index contributed by atoms with van der Waals surface area (Å²) in [5.41, 5.74) is 1.28. The van der Waals surface area contributed by atoms with E-state index in [-0.39, 0.29) is 23.8 Å². The number of anilines is 1. The van der Waals surface area contributed by atoms with Gasteiger partial charge in [0.1, 0.15) is 6.61 Å². The SMILES string of the molecule is C=C1C[C@H]2C(O)N(C(=O)OCCSSCC)c3cc(OC)c(OC)cc3C(=O)N2C1. The fraction of sp³-hybridized carbons (Fsp3) is 0.500. The van der Waals surface area contributed by atoms with Crippen molar-refractivity contribution in [3.8, 4) is 11.5 Å². The van der Waals surface area contributed by atoms with E-state index < -0.39 is 18.4 Å². The van der Waals surface area contributed by atoms with Gasteiger partial charge in [-0.25, -0.2) is 9.69 Å². The van der Waals surface area contributed by atoms with Crippen LogP contribution in [0.5, 0.6) is 11.5 Å². The highest BCUT2D eigenvalue weighted by Crippen LogP contribution is 2.41. The molecule has 2 aliphatic heterocycles. The molecule has 0 aromatic heterocycles. The summed E-state index contributed by atoms with van der Waals surface area (Å²) in [4.78, 5) is 28.9. The zero-order valence-corrected chi connectivity index (χ0v) is 18.9. The summed E-state index contributed by atoms with van der Waals surface area (Å²) in [7, 11) is 6.22. The monoisotopic (exact) mass is 454 g/mol. The first-order chi connectivity index (χ1) is 14.4. The summed E-state index contributed by atoms with van der Waals surface area (Å²) in [6.45, 7) is 6.52. The molecule has 8 nitrogen and oxygen atoms in total. The minimum absolute atomic E-state index is 0.192. The highest BCUT2D eigenvalue weighted by Gasteiger charge is 2.46. The van der Waals surface area contributed by atoms with Crippen LogP contribution in [0.4, 0.5) is 10.5 Å². The Kier molecular flexibility index (Phi) is 7.43. The molecule has 164 valence electrons. The van der Waals surface area contributed by atoms with E-state index in [0.717, 1.165) is 16.2 Å². The fourth-order valence-electron chi connectivity index (χ4n) is 3.61. The summed E-state index contributed by atoms with van der Waals surface area (Å²) >= 11 is 0. The van der Waals surface area contributed by atoms with Crippen LogP contribution in [0.25, 0.3) is 0 Å². The molecule has 3 rings (SSSR count). The van der Waals surface area contributed by atoms with Crippen molar-refractivity contribution in [3.05, 3.63) is 29.8 Å². The minimum Gasteiger partial charge on any atom is -0.493 e. The summed E-state index contributed by atoms with van der Waals surface area (Å²) < 4.78 is 16.1. The van der Waals surface area contributed by atoms with Crippen LogP contribution < -0.4 is 14.4 Å². The van der Waals surface area contributed by atoms with Gasteiger partial charge in [0.15, 0.2) is 17.7 Å². The second-order valence-electron chi connectivity index (χ2n) is 6.81. The van der Waals surface area contributed by atoms with E-state index in [1.54, 1.807) is 26.5 Å². The van der Waals surface area contributed by atoms with Crippen LogP contribution in [0.15, 0.2) is 24.3 Å². The Labute approximate surface area is 183 Å². The van der Waals surface area contributed by atoms with Crippen molar-refractivity contribution < 1.29 is 28.9 Å². The number of aliphatic hydroxyl groups excluding tert-OH is 1. The zero-order chi connectivity index (χ0) is 21.8. The van der Waals surface area contributed by atoms with Crippen LogP contribution in [0.2, 0.25) is 0 Å². The van der Waals surface area contributed by atoms with Gasteiger partial charge < -0.3 is 24.2 Å². The smallest absolute Gasteiger partial charge is 0.416 e. The molecule has 0 aliphatic carbocycles. The number of fused-ring (bicyclic) bond motifs is 2. The Morgan fingerprint density at radius 3 is 2.63 bits per heavy atom. The number of aliphatic hydroxyl groups is 1. The second kappa shape index (κ2) is 9.84. The maximum Gasteiger partial charge on any atom is 0.416 e. The average Bonchev–Trinajstić information content (AvgIpc) is 3.11. The Hall–Kier alpha value is -2.04. The van der Waals surface area contributed by atoms with Crippen LogP contribution >= 0.6 is 21.6 Å². The van der Waals surface area contributed by atoms with Gasteiger partial charge in [-0.3, -0.25) is 4.79 Å². The molecule has 1 unspecified atom stereocenters. The van der Waals surface area contributed by atoms with Crippen molar-refractivity contribution in [2.75, 3.05) is 43.8 Å². The molecule has 2 amide bonds. The second-order valence-corrected chi connectivity index (χ2v) is 9.68. The quantitative estimate of drug-likeness (QED) is 0.382. The van der Waals surface area contributed by atoms with Gasteiger partial charge >= 0.3 is 6.09 Å². The summed E-state index contributed by atoms with van der Waals surface area (Å²) in [5.74, 6) is 1.98. The maximum absolute atomic E-state index is 13.3. The van der Waals surface area contributed by atoms with Crippen molar-refractivity contribution in [2.24, 2.45) is 0 Å². The van der Waals surface area contributed by atoms with Crippen molar-refractivity contribution in [3.63, 3.8) is 0 Å². The molecule has 1 fully saturated rings. The molecule has 2 atom stereocenters. The third-order valence-electron chi connectivity index (χ3n) is 4.94. The molecule has 0 saturated carbocycles. The molecule has 1 aromatic carbocycles. The van der Waals surface area contributed by atoms with Gasteiger partial charge in [-0.05, 0) is 12.5 Å². The zero-order valence-electron chi connectivity index (χ0n) is 17.3. The van der Waals surface area contributed by atoms with Crippen LogP contribution in [-0.4, -0.2) is 73.2 Å². The van der Waals surface area contributed by atoms with Gasteiger partial charge in [0.05, 0.1) is 31.5 Å². The third-order valence-corrected chi connectivity index (χ3v) is 7.39. The average molecular weight is 455 g/mol. The number of methoxy groups -OCH3 is 2. The molecule has 1 saturated heterocycles. The van der Waals surface area contributed by atoms with Crippen LogP contribution in [0, 0.1) is 0 Å². The van der Waals surface area contributed by atoms with Gasteiger partial charge in [-0.2, -0.15) is 0 Å². The minimum atomic E-state index is -1.28. The molecule has 2 aliphatic rings. The van der Waals surface area contributed by atoms with Crippen LogP contribution in [0.3, 0.4) is 0 Å². The first kappa shape index (κ1) is 22.6. The van der Waals surface area contributed by atoms with Crippen molar-refractivity contribution >= 4 is 39.3 Å². The highest BCUT2D eigenvalue weighted by molar-refractivity contribution is 8.76. The van der Waals surface area contributed by atoms with Crippen molar-refractivity contribution in [2.45, 2.75) is 25.6 Å². The Balaban J connectivity index is 1.99. The number of ether oxygens (including phenoxy) is 3. The molecule has 30 heavy (non-hydrogen) atoms. The van der Waals surface area contributed by atoms with Gasteiger partial charge in [0.25, 0.3) is 5.91 Å². The molecule has 1 aromatic rings. The van der Waals surface area contributed by atoms with Crippen LogP contribution in [0.1, 0.15) is 23.7 Å². The lowest BCUT2D eigenvalue weighted by Gasteiger charge is -2.31. The Morgan fingerprint density at radius 1 is 1.27 bits per heavy atom. The van der Waals surface area contributed by atoms with Gasteiger partial charge in [-0.1, -0.05) is 40.7 Å². The summed E-state index contributed by atoms with van der Waals surface area (Å²) in [5, 5.41) is 11.1. The Bertz CT molecular complexity index is 834.